The molecule has 7 atom stereocenters. The van der Waals surface area contributed by atoms with Gasteiger partial charge in [-0.05, 0) is 44.7 Å². The van der Waals surface area contributed by atoms with Gasteiger partial charge in [-0.3, -0.25) is 4.79 Å². The largest absolute Gasteiger partial charge is 0.425 e. The zero-order valence-corrected chi connectivity index (χ0v) is 17.3. The van der Waals surface area contributed by atoms with E-state index >= 15 is 0 Å². The second kappa shape index (κ2) is 5.29. The van der Waals surface area contributed by atoms with Crippen molar-refractivity contribution in [2.45, 2.75) is 64.4 Å². The molecule has 0 aromatic heterocycles. The van der Waals surface area contributed by atoms with E-state index in [9.17, 15) is 19.8 Å². The highest BCUT2D eigenvalue weighted by Gasteiger charge is 2.93. The average Bonchev–Trinajstić information content (AvgIpc) is 3.07. The first-order chi connectivity index (χ1) is 13.5. The predicted octanol–water partition coefficient (Wildman–Crippen LogP) is 2.39. The molecular weight excluding hydrogens is 372 g/mol. The Morgan fingerprint density at radius 3 is 2.55 bits per heavy atom. The Balaban J connectivity index is 1.67. The third kappa shape index (κ3) is 1.70. The number of carbonyl (C=O) groups is 2. The Morgan fingerprint density at radius 1 is 1.24 bits per heavy atom. The number of esters is 1. The van der Waals surface area contributed by atoms with Crippen LogP contribution in [-0.2, 0) is 14.3 Å². The molecule has 4 bridgehead atoms. The van der Waals surface area contributed by atoms with Crippen molar-refractivity contribution < 1.29 is 29.3 Å². The summed E-state index contributed by atoms with van der Waals surface area (Å²) in [6.45, 7) is 7.48. The van der Waals surface area contributed by atoms with Gasteiger partial charge in [0.15, 0.2) is 0 Å². The summed E-state index contributed by atoms with van der Waals surface area (Å²) in [5.41, 5.74) is -3.28. The van der Waals surface area contributed by atoms with Crippen LogP contribution in [0, 0.1) is 29.1 Å². The van der Waals surface area contributed by atoms with E-state index in [0.29, 0.717) is 18.4 Å². The van der Waals surface area contributed by atoms with Crippen LogP contribution in [0.3, 0.4) is 0 Å². The zero-order chi connectivity index (χ0) is 21.0. The molecule has 2 unspecified atom stereocenters. The Kier molecular flexibility index (Phi) is 3.50. The van der Waals surface area contributed by atoms with Crippen LogP contribution in [0.15, 0.2) is 24.3 Å². The normalized spacial score (nSPS) is 49.9. The van der Waals surface area contributed by atoms with Gasteiger partial charge in [0.25, 0.3) is 5.79 Å². The SMILES string of the molecule is Cc1ccc(C(=O)O[C@]23OC[C@@]4(C)C2(C)C(=O)CC2([C@H](C)CC[C@@]24O)[C@H]3O)cc1. The predicted molar refractivity (Wildman–Crippen MR) is 103 cm³/mol. The molecule has 6 heteroatoms. The number of hydrogen-bond donors (Lipinski definition) is 2. The highest BCUT2D eigenvalue weighted by atomic mass is 16.7. The smallest absolute Gasteiger partial charge is 0.340 e. The van der Waals surface area contributed by atoms with Crippen LogP contribution < -0.4 is 0 Å². The molecular formula is C23H28O6. The number of fused-ring (bicyclic) bond motifs is 1. The number of aliphatic hydroxyl groups excluding tert-OH is 1. The van der Waals surface area contributed by atoms with E-state index in [2.05, 4.69) is 0 Å². The van der Waals surface area contributed by atoms with Crippen molar-refractivity contribution in [1.82, 2.24) is 0 Å². The lowest BCUT2D eigenvalue weighted by Gasteiger charge is -2.70. The topological polar surface area (TPSA) is 93.1 Å². The summed E-state index contributed by atoms with van der Waals surface area (Å²) in [5, 5.41) is 23.6. The number of benzene rings is 1. The third-order valence-electron chi connectivity index (χ3n) is 9.27. The number of ether oxygens (including phenoxy) is 2. The fourth-order valence-electron chi connectivity index (χ4n) is 7.19. The van der Waals surface area contributed by atoms with Crippen LogP contribution in [0.5, 0.6) is 0 Å². The molecule has 29 heavy (non-hydrogen) atoms. The summed E-state index contributed by atoms with van der Waals surface area (Å²) in [4.78, 5) is 26.5. The van der Waals surface area contributed by atoms with Gasteiger partial charge in [0.1, 0.15) is 17.3 Å². The van der Waals surface area contributed by atoms with E-state index in [4.69, 9.17) is 9.47 Å². The highest BCUT2D eigenvalue weighted by molar-refractivity contribution is 5.94. The lowest BCUT2D eigenvalue weighted by molar-refractivity contribution is -0.366. The van der Waals surface area contributed by atoms with Gasteiger partial charge in [-0.1, -0.05) is 31.5 Å². The molecule has 2 N–H and O–H groups in total. The maximum Gasteiger partial charge on any atom is 0.340 e. The van der Waals surface area contributed by atoms with Gasteiger partial charge in [0.05, 0.1) is 17.8 Å². The Labute approximate surface area is 170 Å². The van der Waals surface area contributed by atoms with Crippen LogP contribution in [0.2, 0.25) is 0 Å². The molecule has 1 saturated heterocycles. The van der Waals surface area contributed by atoms with Gasteiger partial charge in [-0.15, -0.1) is 0 Å². The van der Waals surface area contributed by atoms with Gasteiger partial charge in [-0.2, -0.15) is 0 Å². The van der Waals surface area contributed by atoms with Crippen LogP contribution in [0.4, 0.5) is 0 Å². The summed E-state index contributed by atoms with van der Waals surface area (Å²) < 4.78 is 12.0. The highest BCUT2D eigenvalue weighted by Crippen LogP contribution is 2.80. The lowest BCUT2D eigenvalue weighted by atomic mass is 9.35. The molecule has 0 radical (unpaired) electrons. The fourth-order valence-corrected chi connectivity index (χ4v) is 7.19. The van der Waals surface area contributed by atoms with Crippen molar-refractivity contribution in [3.8, 4) is 0 Å². The maximum absolute atomic E-state index is 13.5. The van der Waals surface area contributed by atoms with E-state index in [0.717, 1.165) is 5.56 Å². The van der Waals surface area contributed by atoms with Crippen molar-refractivity contribution in [3.05, 3.63) is 35.4 Å². The molecule has 1 aliphatic heterocycles. The number of ketones is 1. The molecule has 5 fully saturated rings. The molecule has 4 aliphatic carbocycles. The van der Waals surface area contributed by atoms with Gasteiger partial charge >= 0.3 is 5.97 Å². The maximum atomic E-state index is 13.5. The van der Waals surface area contributed by atoms with Crippen LogP contribution in [-0.4, -0.2) is 46.1 Å². The Morgan fingerprint density at radius 2 is 1.90 bits per heavy atom. The van der Waals surface area contributed by atoms with Gasteiger partial charge in [0, 0.05) is 17.3 Å². The van der Waals surface area contributed by atoms with E-state index in [1.54, 1.807) is 31.2 Å². The summed E-state index contributed by atoms with van der Waals surface area (Å²) in [6.07, 6.45) is -0.0135. The molecule has 5 aliphatic rings. The lowest BCUT2D eigenvalue weighted by Crippen LogP contribution is -2.84. The Bertz CT molecular complexity index is 926. The third-order valence-corrected chi connectivity index (χ3v) is 9.27. The minimum Gasteiger partial charge on any atom is -0.425 e. The van der Waals surface area contributed by atoms with E-state index in [1.807, 2.05) is 20.8 Å². The average molecular weight is 400 g/mol. The van der Waals surface area contributed by atoms with E-state index in [-0.39, 0.29) is 24.7 Å². The van der Waals surface area contributed by atoms with Crippen molar-refractivity contribution in [2.24, 2.45) is 22.2 Å². The van der Waals surface area contributed by atoms with Gasteiger partial charge in [-0.25, -0.2) is 4.79 Å². The van der Waals surface area contributed by atoms with Crippen molar-refractivity contribution in [1.29, 1.82) is 0 Å². The number of rotatable bonds is 2. The Hall–Kier alpha value is -1.76. The van der Waals surface area contributed by atoms with E-state index in [1.165, 1.54) is 0 Å². The summed E-state index contributed by atoms with van der Waals surface area (Å²) in [5.74, 6) is -2.66. The van der Waals surface area contributed by atoms with Crippen molar-refractivity contribution in [2.75, 3.05) is 6.61 Å². The molecule has 156 valence electrons. The zero-order valence-electron chi connectivity index (χ0n) is 17.3. The minimum atomic E-state index is -1.80. The molecule has 6 rings (SSSR count). The summed E-state index contributed by atoms with van der Waals surface area (Å²) >= 11 is 0. The number of Topliss-reactive ketones (excluding diaryl/α,β-unsaturated/α-hetero) is 1. The minimum absolute atomic E-state index is 0.0540. The first kappa shape index (κ1) is 19.2. The summed E-state index contributed by atoms with van der Waals surface area (Å²) in [6, 6.07) is 6.93. The molecule has 4 saturated carbocycles. The first-order valence-corrected chi connectivity index (χ1v) is 10.4. The molecule has 1 aromatic rings. The number of aryl methyl sites for hydroxylation is 1. The number of hydrogen-bond acceptors (Lipinski definition) is 6. The van der Waals surface area contributed by atoms with Gasteiger partial charge in [0.2, 0.25) is 0 Å². The molecule has 1 heterocycles. The quantitative estimate of drug-likeness (QED) is 0.741. The van der Waals surface area contributed by atoms with Crippen LogP contribution in [0.1, 0.15) is 56.0 Å². The molecule has 6 nitrogen and oxygen atoms in total. The molecule has 1 aromatic carbocycles. The molecule has 1 spiro atoms. The summed E-state index contributed by atoms with van der Waals surface area (Å²) in [7, 11) is 0. The standard InChI is InChI=1S/C23H28O6/c1-13-5-7-15(8-6-13)17(25)29-23-18(26)21-11-16(24)20(23,4)19(3,12-28-23)22(21,27)10-9-14(21)2/h5-8,14,18,26-27H,9-12H2,1-4H3/t14-,18-,19+,20?,21?,22+,23+/m1/s1. The number of aliphatic hydroxyl groups is 2. The van der Waals surface area contributed by atoms with Gasteiger partial charge < -0.3 is 19.7 Å². The fraction of sp³-hybridized carbons (Fsp3) is 0.652. The monoisotopic (exact) mass is 400 g/mol. The van der Waals surface area contributed by atoms with Crippen LogP contribution >= 0.6 is 0 Å². The van der Waals surface area contributed by atoms with E-state index < -0.39 is 39.7 Å². The van der Waals surface area contributed by atoms with Crippen molar-refractivity contribution in [3.63, 3.8) is 0 Å². The van der Waals surface area contributed by atoms with Crippen LogP contribution in [0.25, 0.3) is 0 Å². The first-order valence-electron chi connectivity index (χ1n) is 10.4. The molecule has 0 amide bonds. The second-order valence-corrected chi connectivity index (χ2v) is 10.0. The number of carbonyl (C=O) groups excluding carboxylic acids is 2. The second-order valence-electron chi connectivity index (χ2n) is 10.0. The van der Waals surface area contributed by atoms with Crippen molar-refractivity contribution >= 4 is 11.8 Å².